The quantitative estimate of drug-likeness (QED) is 0.468. The summed E-state index contributed by atoms with van der Waals surface area (Å²) in [5.41, 5.74) is 2.13. The van der Waals surface area contributed by atoms with Gasteiger partial charge in [0.05, 0.1) is 6.42 Å². The first-order valence-corrected chi connectivity index (χ1v) is 8.44. The minimum atomic E-state index is -0.208. The molecule has 0 aliphatic heterocycles. The molecule has 0 saturated heterocycles. The highest BCUT2D eigenvalue weighted by Gasteiger charge is 2.12. The maximum atomic E-state index is 11.9. The van der Waals surface area contributed by atoms with Gasteiger partial charge in [0.25, 0.3) is 0 Å². The normalized spacial score (nSPS) is 14.0. The largest absolute Gasteiger partial charge is 0.458 e. The molecule has 0 fully saturated rings. The summed E-state index contributed by atoms with van der Waals surface area (Å²) in [5.74, 6) is 0.563. The van der Waals surface area contributed by atoms with Crippen molar-refractivity contribution in [3.05, 3.63) is 72.9 Å². The predicted octanol–water partition coefficient (Wildman–Crippen LogP) is 5.10. The highest BCUT2D eigenvalue weighted by atomic mass is 32.2. The van der Waals surface area contributed by atoms with E-state index in [1.54, 1.807) is 17.8 Å². The summed E-state index contributed by atoms with van der Waals surface area (Å²) in [4.78, 5) is 11.9. The van der Waals surface area contributed by atoms with Gasteiger partial charge in [0, 0.05) is 11.0 Å². The number of hydrogen-bond donors (Lipinski definition) is 0. The van der Waals surface area contributed by atoms with Crippen LogP contribution in [0, 0.1) is 0 Å². The van der Waals surface area contributed by atoms with Crippen LogP contribution in [0.1, 0.15) is 31.9 Å². The van der Waals surface area contributed by atoms with E-state index in [0.717, 1.165) is 16.9 Å². The van der Waals surface area contributed by atoms with Crippen LogP contribution in [0.4, 0.5) is 0 Å². The minimum Gasteiger partial charge on any atom is -0.458 e. The molecule has 0 aliphatic carbocycles. The fraction of sp³-hybridized carbons (Fsp3) is 0.316. The van der Waals surface area contributed by atoms with Crippen molar-refractivity contribution >= 4 is 17.7 Å². The van der Waals surface area contributed by atoms with E-state index in [2.05, 4.69) is 20.1 Å². The molecular formula is C19H24O2S. The summed E-state index contributed by atoms with van der Waals surface area (Å²) in [6.45, 7) is 11.5. The lowest BCUT2D eigenvalue weighted by atomic mass is 10.1. The second kappa shape index (κ2) is 10.1. The molecule has 0 aliphatic rings. The average molecular weight is 316 g/mol. The molecule has 1 aromatic carbocycles. The lowest BCUT2D eigenvalue weighted by Gasteiger charge is -2.15. The van der Waals surface area contributed by atoms with E-state index in [0.29, 0.717) is 6.42 Å². The molecule has 2 atom stereocenters. The van der Waals surface area contributed by atoms with Gasteiger partial charge in [-0.1, -0.05) is 61.7 Å². The predicted molar refractivity (Wildman–Crippen MR) is 96.0 cm³/mol. The van der Waals surface area contributed by atoms with E-state index >= 15 is 0 Å². The van der Waals surface area contributed by atoms with Crippen LogP contribution in [0.2, 0.25) is 0 Å². The van der Waals surface area contributed by atoms with Gasteiger partial charge >= 0.3 is 5.97 Å². The van der Waals surface area contributed by atoms with Crippen LogP contribution in [0.25, 0.3) is 0 Å². The third-order valence-electron chi connectivity index (χ3n) is 3.27. The van der Waals surface area contributed by atoms with E-state index in [9.17, 15) is 4.79 Å². The summed E-state index contributed by atoms with van der Waals surface area (Å²) in [7, 11) is 0. The Morgan fingerprint density at radius 2 is 1.95 bits per heavy atom. The lowest BCUT2D eigenvalue weighted by Crippen LogP contribution is -2.10. The van der Waals surface area contributed by atoms with E-state index in [4.69, 9.17) is 4.74 Å². The number of ether oxygens (including phenoxy) is 1. The molecule has 0 aromatic heterocycles. The number of benzene rings is 1. The third-order valence-corrected chi connectivity index (χ3v) is 4.48. The first-order valence-electron chi connectivity index (χ1n) is 7.39. The van der Waals surface area contributed by atoms with Gasteiger partial charge in [0.15, 0.2) is 0 Å². The fourth-order valence-corrected chi connectivity index (χ4v) is 2.97. The Labute approximate surface area is 138 Å². The fourth-order valence-electron chi connectivity index (χ4n) is 1.97. The molecular weight excluding hydrogens is 292 g/mol. The van der Waals surface area contributed by atoms with Crippen molar-refractivity contribution in [1.29, 1.82) is 0 Å². The Balaban J connectivity index is 2.36. The van der Waals surface area contributed by atoms with Crippen molar-refractivity contribution in [2.24, 2.45) is 0 Å². The van der Waals surface area contributed by atoms with Crippen LogP contribution >= 0.6 is 11.8 Å². The summed E-state index contributed by atoms with van der Waals surface area (Å²) in [6, 6.07) is 9.76. The number of esters is 1. The van der Waals surface area contributed by atoms with Crippen molar-refractivity contribution in [3.63, 3.8) is 0 Å². The van der Waals surface area contributed by atoms with Crippen molar-refractivity contribution in [2.45, 2.75) is 31.6 Å². The number of carbonyl (C=O) groups excluding carboxylic acids is 1. The van der Waals surface area contributed by atoms with E-state index in [1.807, 2.05) is 49.4 Å². The van der Waals surface area contributed by atoms with Gasteiger partial charge in [-0.25, -0.2) is 0 Å². The summed E-state index contributed by atoms with van der Waals surface area (Å²) in [5, 5.41) is 0.287. The zero-order valence-electron chi connectivity index (χ0n) is 13.3. The Morgan fingerprint density at radius 3 is 2.55 bits per heavy atom. The van der Waals surface area contributed by atoms with Crippen LogP contribution in [0.3, 0.4) is 0 Å². The first-order chi connectivity index (χ1) is 10.6. The maximum absolute atomic E-state index is 11.9. The van der Waals surface area contributed by atoms with E-state index in [-0.39, 0.29) is 17.3 Å². The number of allylic oxidation sites excluding steroid dienone is 3. The lowest BCUT2D eigenvalue weighted by molar-refractivity contribution is -0.148. The highest BCUT2D eigenvalue weighted by molar-refractivity contribution is 8.00. The Kier molecular flexibility index (Phi) is 8.38. The summed E-state index contributed by atoms with van der Waals surface area (Å²) >= 11 is 1.71. The van der Waals surface area contributed by atoms with Crippen LogP contribution in [0.15, 0.2) is 67.3 Å². The molecule has 0 radical (unpaired) electrons. The maximum Gasteiger partial charge on any atom is 0.307 e. The number of rotatable bonds is 9. The van der Waals surface area contributed by atoms with Crippen molar-refractivity contribution in [1.82, 2.24) is 0 Å². The molecule has 1 rings (SSSR count). The van der Waals surface area contributed by atoms with Crippen LogP contribution in [-0.2, 0) is 9.53 Å². The highest BCUT2D eigenvalue weighted by Crippen LogP contribution is 2.22. The summed E-state index contributed by atoms with van der Waals surface area (Å²) < 4.78 is 5.45. The van der Waals surface area contributed by atoms with Crippen LogP contribution < -0.4 is 0 Å². The van der Waals surface area contributed by atoms with Crippen LogP contribution in [-0.4, -0.2) is 17.0 Å². The van der Waals surface area contributed by atoms with Gasteiger partial charge in [-0.05, 0) is 25.0 Å². The topological polar surface area (TPSA) is 26.3 Å². The Hall–Kier alpha value is -1.74. The molecule has 0 amide bonds. The second-order valence-electron chi connectivity index (χ2n) is 4.91. The van der Waals surface area contributed by atoms with Gasteiger partial charge in [-0.15, -0.1) is 0 Å². The van der Waals surface area contributed by atoms with Gasteiger partial charge in [-0.3, -0.25) is 4.79 Å². The Bertz CT molecular complexity index is 519. The van der Waals surface area contributed by atoms with Gasteiger partial charge < -0.3 is 4.74 Å². The molecule has 0 spiro atoms. The monoisotopic (exact) mass is 316 g/mol. The smallest absolute Gasteiger partial charge is 0.307 e. The molecule has 22 heavy (non-hydrogen) atoms. The zero-order chi connectivity index (χ0) is 16.4. The molecule has 0 N–H and O–H groups in total. The van der Waals surface area contributed by atoms with E-state index in [1.165, 1.54) is 0 Å². The second-order valence-corrected chi connectivity index (χ2v) is 6.36. The minimum absolute atomic E-state index is 0.163. The van der Waals surface area contributed by atoms with Gasteiger partial charge in [0.1, 0.15) is 6.10 Å². The SMILES string of the molecule is C=C/C=C(\C=C)C(C)SCCC(=O)OC(C)c1ccccc1. The molecule has 118 valence electrons. The molecule has 0 heterocycles. The first kappa shape index (κ1) is 18.3. The average Bonchev–Trinajstić information content (AvgIpc) is 2.53. The molecule has 0 saturated carbocycles. The molecule has 3 heteroatoms. The standard InChI is InChI=1S/C19H24O2S/c1-5-10-17(6-2)16(4)22-14-13-19(20)21-15(3)18-11-8-7-9-12-18/h5-12,15-16H,1-2,13-14H2,3-4H3/b17-10+. The Morgan fingerprint density at radius 1 is 1.27 bits per heavy atom. The third kappa shape index (κ3) is 6.35. The van der Waals surface area contributed by atoms with Gasteiger partial charge in [-0.2, -0.15) is 11.8 Å². The number of hydrogen-bond acceptors (Lipinski definition) is 3. The zero-order valence-corrected chi connectivity index (χ0v) is 14.1. The molecule has 0 bridgehead atoms. The molecule has 2 unspecified atom stereocenters. The number of thioether (sulfide) groups is 1. The van der Waals surface area contributed by atoms with Crippen LogP contribution in [0.5, 0.6) is 0 Å². The van der Waals surface area contributed by atoms with Gasteiger partial charge in [0.2, 0.25) is 0 Å². The van der Waals surface area contributed by atoms with Crippen molar-refractivity contribution in [3.8, 4) is 0 Å². The molecule has 1 aromatic rings. The van der Waals surface area contributed by atoms with Crippen molar-refractivity contribution < 1.29 is 9.53 Å². The number of carbonyl (C=O) groups is 1. The summed E-state index contributed by atoms with van der Waals surface area (Å²) in [6.07, 6.45) is 5.73. The van der Waals surface area contributed by atoms with E-state index < -0.39 is 0 Å². The van der Waals surface area contributed by atoms with Crippen molar-refractivity contribution in [2.75, 3.05) is 5.75 Å². The molecule has 2 nitrogen and oxygen atoms in total.